The maximum atomic E-state index is 12.0. The van der Waals surface area contributed by atoms with E-state index in [1.54, 1.807) is 36.4 Å². The first-order valence-corrected chi connectivity index (χ1v) is 6.37. The Labute approximate surface area is 93.9 Å². The zero-order chi connectivity index (χ0) is 11.4. The smallest absolute Gasteiger partial charge is 0.182 e. The summed E-state index contributed by atoms with van der Waals surface area (Å²) in [5.74, 6) is -0.0491. The van der Waals surface area contributed by atoms with Gasteiger partial charge in [-0.3, -0.25) is 0 Å². The van der Waals surface area contributed by atoms with Gasteiger partial charge in [0.25, 0.3) is 0 Å². The fourth-order valence-electron chi connectivity index (χ4n) is 1.33. The standard InChI is InChI=1S/C11H10N2O2S/c14-16(15,11-4-2-1-3-5-11)9-10-6-7-12-13-8-10/h1-8H,9H2. The SMILES string of the molecule is O=S(=O)(Cc1ccnnc1)c1ccccc1. The molecule has 1 heterocycles. The molecule has 0 spiro atoms. The van der Waals surface area contributed by atoms with E-state index in [4.69, 9.17) is 0 Å². The van der Waals surface area contributed by atoms with Gasteiger partial charge in [0.2, 0.25) is 0 Å². The summed E-state index contributed by atoms with van der Waals surface area (Å²) in [4.78, 5) is 0.326. The van der Waals surface area contributed by atoms with Crippen LogP contribution in [0.4, 0.5) is 0 Å². The summed E-state index contributed by atoms with van der Waals surface area (Å²) in [5.41, 5.74) is 0.638. The largest absolute Gasteiger partial charge is 0.223 e. The number of hydrogen-bond donors (Lipinski definition) is 0. The van der Waals surface area contributed by atoms with Crippen LogP contribution in [-0.4, -0.2) is 18.6 Å². The predicted octanol–water partition coefficient (Wildman–Crippen LogP) is 1.45. The average Bonchev–Trinajstić information content (AvgIpc) is 2.31. The van der Waals surface area contributed by atoms with Crippen LogP contribution in [0, 0.1) is 0 Å². The number of sulfone groups is 1. The van der Waals surface area contributed by atoms with Crippen LogP contribution in [0.2, 0.25) is 0 Å². The van der Waals surface area contributed by atoms with Gasteiger partial charge in [-0.15, -0.1) is 0 Å². The second-order valence-corrected chi connectivity index (χ2v) is 5.31. The normalized spacial score (nSPS) is 11.2. The molecule has 0 atom stereocenters. The van der Waals surface area contributed by atoms with Crippen molar-refractivity contribution in [2.24, 2.45) is 0 Å². The van der Waals surface area contributed by atoms with Crippen LogP contribution in [0.1, 0.15) is 5.56 Å². The van der Waals surface area contributed by atoms with E-state index in [-0.39, 0.29) is 5.75 Å². The van der Waals surface area contributed by atoms with E-state index in [9.17, 15) is 8.42 Å². The molecule has 0 fully saturated rings. The fraction of sp³-hybridized carbons (Fsp3) is 0.0909. The Morgan fingerprint density at radius 1 is 1.00 bits per heavy atom. The summed E-state index contributed by atoms with van der Waals surface area (Å²) in [6, 6.07) is 10.0. The van der Waals surface area contributed by atoms with Gasteiger partial charge >= 0.3 is 0 Å². The topological polar surface area (TPSA) is 59.9 Å². The van der Waals surface area contributed by atoms with E-state index >= 15 is 0 Å². The first kappa shape index (κ1) is 10.8. The van der Waals surface area contributed by atoms with Crippen molar-refractivity contribution in [1.82, 2.24) is 10.2 Å². The molecule has 0 radical (unpaired) electrons. The van der Waals surface area contributed by atoms with Gasteiger partial charge in [0, 0.05) is 6.20 Å². The maximum absolute atomic E-state index is 12.0. The molecular weight excluding hydrogens is 224 g/mol. The third kappa shape index (κ3) is 2.43. The second-order valence-electron chi connectivity index (χ2n) is 3.32. The Hall–Kier alpha value is -1.75. The zero-order valence-corrected chi connectivity index (χ0v) is 9.26. The molecule has 0 aliphatic rings. The first-order valence-electron chi connectivity index (χ1n) is 4.72. The van der Waals surface area contributed by atoms with Crippen LogP contribution < -0.4 is 0 Å². The molecule has 0 amide bonds. The lowest BCUT2D eigenvalue weighted by atomic mass is 10.4. The van der Waals surface area contributed by atoms with Crippen molar-refractivity contribution in [2.75, 3.05) is 0 Å². The van der Waals surface area contributed by atoms with Crippen molar-refractivity contribution in [2.45, 2.75) is 10.6 Å². The molecule has 0 N–H and O–H groups in total. The van der Waals surface area contributed by atoms with Crippen LogP contribution in [0.15, 0.2) is 53.7 Å². The van der Waals surface area contributed by atoms with Gasteiger partial charge in [-0.25, -0.2) is 8.42 Å². The number of aromatic nitrogens is 2. The van der Waals surface area contributed by atoms with Gasteiger partial charge in [-0.1, -0.05) is 18.2 Å². The van der Waals surface area contributed by atoms with Crippen molar-refractivity contribution >= 4 is 9.84 Å². The van der Waals surface area contributed by atoms with Gasteiger partial charge in [0.1, 0.15) is 0 Å². The van der Waals surface area contributed by atoms with E-state index in [1.807, 2.05) is 0 Å². The quantitative estimate of drug-likeness (QED) is 0.806. The molecule has 0 aliphatic heterocycles. The van der Waals surface area contributed by atoms with E-state index in [1.165, 1.54) is 12.4 Å². The lowest BCUT2D eigenvalue weighted by molar-refractivity contribution is 0.595. The van der Waals surface area contributed by atoms with E-state index < -0.39 is 9.84 Å². The Balaban J connectivity index is 2.29. The average molecular weight is 234 g/mol. The molecule has 2 rings (SSSR count). The highest BCUT2D eigenvalue weighted by Gasteiger charge is 2.14. The second kappa shape index (κ2) is 4.40. The van der Waals surface area contributed by atoms with Crippen LogP contribution in [-0.2, 0) is 15.6 Å². The zero-order valence-electron chi connectivity index (χ0n) is 8.45. The Morgan fingerprint density at radius 2 is 1.75 bits per heavy atom. The van der Waals surface area contributed by atoms with E-state index in [0.29, 0.717) is 10.5 Å². The number of hydrogen-bond acceptors (Lipinski definition) is 4. The van der Waals surface area contributed by atoms with Crippen LogP contribution >= 0.6 is 0 Å². The van der Waals surface area contributed by atoms with E-state index in [2.05, 4.69) is 10.2 Å². The highest BCUT2D eigenvalue weighted by molar-refractivity contribution is 7.90. The molecule has 0 saturated carbocycles. The van der Waals surface area contributed by atoms with Gasteiger partial charge in [0.15, 0.2) is 9.84 Å². The molecule has 1 aromatic carbocycles. The highest BCUT2D eigenvalue weighted by Crippen LogP contribution is 2.14. The molecule has 4 nitrogen and oxygen atoms in total. The summed E-state index contributed by atoms with van der Waals surface area (Å²) >= 11 is 0. The molecule has 5 heteroatoms. The summed E-state index contributed by atoms with van der Waals surface area (Å²) in [6.07, 6.45) is 2.94. The van der Waals surface area contributed by atoms with Crippen LogP contribution in [0.25, 0.3) is 0 Å². The maximum Gasteiger partial charge on any atom is 0.182 e. The van der Waals surface area contributed by atoms with Crippen molar-refractivity contribution < 1.29 is 8.42 Å². The predicted molar refractivity (Wildman–Crippen MR) is 59.4 cm³/mol. The highest BCUT2D eigenvalue weighted by atomic mass is 32.2. The molecular formula is C11H10N2O2S. The molecule has 0 saturated heterocycles. The van der Waals surface area contributed by atoms with Gasteiger partial charge in [-0.05, 0) is 23.8 Å². The summed E-state index contributed by atoms with van der Waals surface area (Å²) in [6.45, 7) is 0. The van der Waals surface area contributed by atoms with Gasteiger partial charge in [0.05, 0.1) is 16.8 Å². The molecule has 0 unspecified atom stereocenters. The van der Waals surface area contributed by atoms with Crippen LogP contribution in [0.3, 0.4) is 0 Å². The van der Waals surface area contributed by atoms with E-state index in [0.717, 1.165) is 0 Å². The summed E-state index contributed by atoms with van der Waals surface area (Å²) in [7, 11) is -3.28. The molecule has 0 aliphatic carbocycles. The Morgan fingerprint density at radius 3 is 2.38 bits per heavy atom. The molecule has 0 bridgehead atoms. The number of rotatable bonds is 3. The molecule has 82 valence electrons. The van der Waals surface area contributed by atoms with Crippen molar-refractivity contribution in [3.8, 4) is 0 Å². The minimum absolute atomic E-state index is 0.0491. The first-order chi connectivity index (χ1) is 7.68. The van der Waals surface area contributed by atoms with Gasteiger partial charge < -0.3 is 0 Å². The molecule has 2 aromatic rings. The van der Waals surface area contributed by atoms with Crippen molar-refractivity contribution in [1.29, 1.82) is 0 Å². The Kier molecular flexibility index (Phi) is 2.96. The molecule has 16 heavy (non-hydrogen) atoms. The van der Waals surface area contributed by atoms with Gasteiger partial charge in [-0.2, -0.15) is 10.2 Å². The Bertz CT molecular complexity index is 553. The minimum atomic E-state index is -3.28. The van der Waals surface area contributed by atoms with Crippen molar-refractivity contribution in [3.05, 3.63) is 54.4 Å². The minimum Gasteiger partial charge on any atom is -0.223 e. The number of benzene rings is 1. The lowest BCUT2D eigenvalue weighted by Gasteiger charge is -2.03. The van der Waals surface area contributed by atoms with Crippen molar-refractivity contribution in [3.63, 3.8) is 0 Å². The number of nitrogens with zero attached hydrogens (tertiary/aromatic N) is 2. The van der Waals surface area contributed by atoms with Crippen LogP contribution in [0.5, 0.6) is 0 Å². The molecule has 1 aromatic heterocycles. The summed E-state index contributed by atoms with van der Waals surface area (Å²) < 4.78 is 23.9. The third-order valence-corrected chi connectivity index (χ3v) is 3.81. The monoisotopic (exact) mass is 234 g/mol. The fourth-order valence-corrected chi connectivity index (χ4v) is 2.68. The summed E-state index contributed by atoms with van der Waals surface area (Å²) in [5, 5.41) is 7.25. The lowest BCUT2D eigenvalue weighted by Crippen LogP contribution is -2.05. The third-order valence-electron chi connectivity index (χ3n) is 2.10.